The molecule has 0 radical (unpaired) electrons. The van der Waals surface area contributed by atoms with Gasteiger partial charge in [0.15, 0.2) is 5.78 Å². The fourth-order valence-corrected chi connectivity index (χ4v) is 3.01. The highest BCUT2D eigenvalue weighted by Gasteiger charge is 2.35. The van der Waals surface area contributed by atoms with Gasteiger partial charge in [-0.25, -0.2) is 4.39 Å². The van der Waals surface area contributed by atoms with Crippen molar-refractivity contribution in [3.63, 3.8) is 0 Å². The number of aromatic hydroxyl groups is 1. The highest BCUT2D eigenvalue weighted by atomic mass is 19.1. The molecule has 1 aliphatic heterocycles. The van der Waals surface area contributed by atoms with Gasteiger partial charge in [0.2, 0.25) is 0 Å². The Morgan fingerprint density at radius 2 is 2.10 bits per heavy atom. The largest absolute Gasteiger partial charge is 0.507 e. The van der Waals surface area contributed by atoms with Crippen LogP contribution in [-0.4, -0.2) is 35.4 Å². The van der Waals surface area contributed by atoms with E-state index in [1.165, 1.54) is 6.07 Å². The van der Waals surface area contributed by atoms with Gasteiger partial charge in [-0.2, -0.15) is 0 Å². The van der Waals surface area contributed by atoms with E-state index in [-0.39, 0.29) is 23.6 Å². The van der Waals surface area contributed by atoms with Crippen LogP contribution >= 0.6 is 0 Å². The van der Waals surface area contributed by atoms with E-state index in [4.69, 9.17) is 0 Å². The topological polar surface area (TPSA) is 40.5 Å². The van der Waals surface area contributed by atoms with Gasteiger partial charge in [-0.1, -0.05) is 13.8 Å². The lowest BCUT2D eigenvalue weighted by atomic mass is 9.82. The minimum Gasteiger partial charge on any atom is -0.507 e. The van der Waals surface area contributed by atoms with Gasteiger partial charge in [0, 0.05) is 6.54 Å². The molecule has 0 aromatic heterocycles. The Hall–Kier alpha value is -1.42. The predicted molar refractivity (Wildman–Crippen MR) is 76.5 cm³/mol. The van der Waals surface area contributed by atoms with Crippen LogP contribution in [0.1, 0.15) is 43.5 Å². The van der Waals surface area contributed by atoms with Crippen molar-refractivity contribution < 1.29 is 14.3 Å². The van der Waals surface area contributed by atoms with E-state index in [2.05, 4.69) is 18.7 Å². The zero-order valence-corrected chi connectivity index (χ0v) is 12.2. The first kappa shape index (κ1) is 15.0. The van der Waals surface area contributed by atoms with Crippen molar-refractivity contribution in [1.82, 2.24) is 4.90 Å². The molecule has 0 atom stereocenters. The Balaban J connectivity index is 2.04. The van der Waals surface area contributed by atoms with E-state index in [9.17, 15) is 14.3 Å². The monoisotopic (exact) mass is 279 g/mol. The van der Waals surface area contributed by atoms with Gasteiger partial charge in [0.05, 0.1) is 12.1 Å². The summed E-state index contributed by atoms with van der Waals surface area (Å²) in [6.45, 7) is 6.42. The van der Waals surface area contributed by atoms with Crippen LogP contribution < -0.4 is 0 Å². The molecule has 1 fully saturated rings. The molecule has 0 unspecified atom stereocenters. The second-order valence-electron chi connectivity index (χ2n) is 5.75. The van der Waals surface area contributed by atoms with Crippen molar-refractivity contribution in [1.29, 1.82) is 0 Å². The minimum atomic E-state index is -0.496. The van der Waals surface area contributed by atoms with Crippen LogP contribution in [0.4, 0.5) is 4.39 Å². The Kier molecular flexibility index (Phi) is 4.43. The average Bonchev–Trinajstić information content (AvgIpc) is 2.85. The highest BCUT2D eigenvalue weighted by Crippen LogP contribution is 2.37. The first-order valence-electron chi connectivity index (χ1n) is 7.24. The maximum atomic E-state index is 13.2. The van der Waals surface area contributed by atoms with Crippen LogP contribution in [-0.2, 0) is 0 Å². The molecular formula is C16H22FNO2. The normalized spacial score (nSPS) is 18.4. The number of hydrogen-bond donors (Lipinski definition) is 1. The molecule has 1 aromatic carbocycles. The fraction of sp³-hybridized carbons (Fsp3) is 0.562. The Morgan fingerprint density at radius 1 is 1.40 bits per heavy atom. The van der Waals surface area contributed by atoms with Crippen molar-refractivity contribution in [3.8, 4) is 5.75 Å². The first-order chi connectivity index (χ1) is 9.49. The molecule has 0 amide bonds. The number of phenolic OH excluding ortho intramolecular Hbond substituents is 1. The molecule has 0 aliphatic carbocycles. The lowest BCUT2D eigenvalue weighted by molar-refractivity contribution is 0.0933. The molecule has 1 saturated heterocycles. The number of likely N-dealkylation sites (tertiary alicyclic amines) is 1. The third-order valence-electron chi connectivity index (χ3n) is 4.64. The zero-order valence-electron chi connectivity index (χ0n) is 12.2. The predicted octanol–water partition coefficient (Wildman–Crippen LogP) is 3.23. The lowest BCUT2D eigenvalue weighted by Gasteiger charge is -2.26. The second-order valence-corrected chi connectivity index (χ2v) is 5.75. The van der Waals surface area contributed by atoms with Crippen LogP contribution in [0, 0.1) is 11.2 Å². The number of benzene rings is 1. The molecule has 0 saturated carbocycles. The quantitative estimate of drug-likeness (QED) is 0.841. The van der Waals surface area contributed by atoms with Crippen LogP contribution in [0.5, 0.6) is 5.75 Å². The minimum absolute atomic E-state index is 0.0792. The van der Waals surface area contributed by atoms with Gasteiger partial charge in [0.1, 0.15) is 11.6 Å². The molecule has 1 N–H and O–H groups in total. The second kappa shape index (κ2) is 5.92. The number of phenols is 1. The summed E-state index contributed by atoms with van der Waals surface area (Å²) in [6.07, 6.45) is 3.32. The van der Waals surface area contributed by atoms with Gasteiger partial charge in [-0.05, 0) is 49.4 Å². The third-order valence-corrected chi connectivity index (χ3v) is 4.64. The van der Waals surface area contributed by atoms with E-state index in [1.54, 1.807) is 0 Å². The van der Waals surface area contributed by atoms with Crippen molar-refractivity contribution >= 4 is 5.78 Å². The van der Waals surface area contributed by atoms with Crippen LogP contribution in [0.25, 0.3) is 0 Å². The summed E-state index contributed by atoms with van der Waals surface area (Å²) in [5.41, 5.74) is 0.389. The number of rotatable bonds is 5. The summed E-state index contributed by atoms with van der Waals surface area (Å²) < 4.78 is 13.2. The first-order valence-corrected chi connectivity index (χ1v) is 7.24. The molecule has 20 heavy (non-hydrogen) atoms. The van der Waals surface area contributed by atoms with Crippen LogP contribution in [0.15, 0.2) is 18.2 Å². The van der Waals surface area contributed by atoms with E-state index in [0.29, 0.717) is 5.41 Å². The number of carbonyl (C=O) groups is 1. The summed E-state index contributed by atoms with van der Waals surface area (Å²) in [6, 6.07) is 3.50. The Labute approximate surface area is 119 Å². The number of halogens is 1. The van der Waals surface area contributed by atoms with E-state index in [1.807, 2.05) is 0 Å². The van der Waals surface area contributed by atoms with E-state index >= 15 is 0 Å². The molecule has 0 bridgehead atoms. The van der Waals surface area contributed by atoms with Gasteiger partial charge in [0.25, 0.3) is 0 Å². The van der Waals surface area contributed by atoms with E-state index < -0.39 is 5.82 Å². The van der Waals surface area contributed by atoms with Crippen LogP contribution in [0.3, 0.4) is 0 Å². The van der Waals surface area contributed by atoms with Gasteiger partial charge >= 0.3 is 0 Å². The Morgan fingerprint density at radius 3 is 2.70 bits per heavy atom. The molecule has 4 heteroatoms. The average molecular weight is 279 g/mol. The zero-order chi connectivity index (χ0) is 14.8. The summed E-state index contributed by atoms with van der Waals surface area (Å²) in [7, 11) is 0. The number of nitrogens with zero attached hydrogens (tertiary/aromatic N) is 1. The summed E-state index contributed by atoms with van der Waals surface area (Å²) >= 11 is 0. The summed E-state index contributed by atoms with van der Waals surface area (Å²) in [5.74, 6) is -0.859. The molecule has 1 heterocycles. The smallest absolute Gasteiger partial charge is 0.180 e. The Bertz CT molecular complexity index is 497. The van der Waals surface area contributed by atoms with Crippen molar-refractivity contribution in [2.75, 3.05) is 19.6 Å². The molecule has 1 aromatic rings. The molecule has 110 valence electrons. The standard InChI is InChI=1S/C16H22FNO2/c1-3-16(4-2)7-8-18(11-16)10-15(20)13-9-12(17)5-6-14(13)19/h5-6,9,19H,3-4,7-8,10-11H2,1-2H3. The summed E-state index contributed by atoms with van der Waals surface area (Å²) in [4.78, 5) is 14.3. The molecule has 2 rings (SSSR count). The molecule has 0 spiro atoms. The lowest BCUT2D eigenvalue weighted by Crippen LogP contribution is -2.31. The number of Topliss-reactive ketones (excluding diaryl/α,β-unsaturated/α-hetero) is 1. The van der Waals surface area contributed by atoms with Crippen molar-refractivity contribution in [2.45, 2.75) is 33.1 Å². The van der Waals surface area contributed by atoms with Gasteiger partial charge < -0.3 is 5.11 Å². The highest BCUT2D eigenvalue weighted by molar-refractivity contribution is 6.00. The molecule has 3 nitrogen and oxygen atoms in total. The van der Waals surface area contributed by atoms with Gasteiger partial charge in [-0.15, -0.1) is 0 Å². The maximum absolute atomic E-state index is 13.2. The molecule has 1 aliphatic rings. The number of ketones is 1. The molecular weight excluding hydrogens is 257 g/mol. The van der Waals surface area contributed by atoms with Crippen molar-refractivity contribution in [3.05, 3.63) is 29.6 Å². The fourth-order valence-electron chi connectivity index (χ4n) is 3.01. The summed E-state index contributed by atoms with van der Waals surface area (Å²) in [5, 5.41) is 9.67. The van der Waals surface area contributed by atoms with Crippen molar-refractivity contribution in [2.24, 2.45) is 5.41 Å². The van der Waals surface area contributed by atoms with Crippen LogP contribution in [0.2, 0.25) is 0 Å². The van der Waals surface area contributed by atoms with E-state index in [0.717, 1.165) is 44.5 Å². The number of carbonyl (C=O) groups excluding carboxylic acids is 1. The van der Waals surface area contributed by atoms with Gasteiger partial charge in [-0.3, -0.25) is 9.69 Å². The maximum Gasteiger partial charge on any atom is 0.180 e. The number of hydrogen-bond acceptors (Lipinski definition) is 3. The third kappa shape index (κ3) is 3.01. The SMILES string of the molecule is CCC1(CC)CCN(CC(=O)c2cc(F)ccc2O)C1.